The Kier molecular flexibility index (Phi) is 3.60. The van der Waals surface area contributed by atoms with Gasteiger partial charge in [-0.3, -0.25) is 4.98 Å². The molecular formula is C17H20N4. The van der Waals surface area contributed by atoms with Gasteiger partial charge in [0.1, 0.15) is 0 Å². The molecule has 3 heterocycles. The van der Waals surface area contributed by atoms with E-state index in [4.69, 9.17) is 4.98 Å². The van der Waals surface area contributed by atoms with E-state index in [0.717, 1.165) is 47.8 Å². The Morgan fingerprint density at radius 3 is 2.86 bits per heavy atom. The number of aromatic nitrogens is 2. The van der Waals surface area contributed by atoms with Gasteiger partial charge in [-0.15, -0.1) is 0 Å². The maximum atomic E-state index is 4.86. The summed E-state index contributed by atoms with van der Waals surface area (Å²) in [6.45, 7) is 7.95. The van der Waals surface area contributed by atoms with Crippen molar-refractivity contribution in [1.29, 1.82) is 0 Å². The molecule has 0 saturated heterocycles. The van der Waals surface area contributed by atoms with Gasteiger partial charge in [-0.1, -0.05) is 6.58 Å². The molecular weight excluding hydrogens is 260 g/mol. The Morgan fingerprint density at radius 1 is 1.24 bits per heavy atom. The van der Waals surface area contributed by atoms with Crippen LogP contribution >= 0.6 is 0 Å². The Hall–Kier alpha value is -2.36. The van der Waals surface area contributed by atoms with Crippen LogP contribution in [0.15, 0.2) is 43.4 Å². The summed E-state index contributed by atoms with van der Waals surface area (Å²) in [5, 5.41) is 0. The van der Waals surface area contributed by atoms with Crippen molar-refractivity contribution in [2.45, 2.75) is 13.3 Å². The van der Waals surface area contributed by atoms with Crippen molar-refractivity contribution < 1.29 is 0 Å². The van der Waals surface area contributed by atoms with E-state index in [1.807, 2.05) is 25.5 Å². The number of hydrogen-bond donors (Lipinski definition) is 0. The molecule has 0 amide bonds. The Labute approximate surface area is 125 Å². The number of aryl methyl sites for hydroxylation is 1. The quantitative estimate of drug-likeness (QED) is 0.845. The zero-order valence-corrected chi connectivity index (χ0v) is 12.6. The zero-order valence-electron chi connectivity index (χ0n) is 12.6. The molecule has 2 aromatic rings. The summed E-state index contributed by atoms with van der Waals surface area (Å²) in [4.78, 5) is 13.5. The average molecular weight is 280 g/mol. The van der Waals surface area contributed by atoms with Gasteiger partial charge >= 0.3 is 0 Å². The van der Waals surface area contributed by atoms with E-state index in [1.165, 1.54) is 0 Å². The van der Waals surface area contributed by atoms with Gasteiger partial charge in [0.25, 0.3) is 0 Å². The molecule has 0 aromatic carbocycles. The van der Waals surface area contributed by atoms with Gasteiger partial charge < -0.3 is 9.80 Å². The third kappa shape index (κ3) is 2.61. The first-order valence-corrected chi connectivity index (χ1v) is 7.22. The highest BCUT2D eigenvalue weighted by molar-refractivity contribution is 5.73. The van der Waals surface area contributed by atoms with Crippen LogP contribution in [0.1, 0.15) is 12.0 Å². The molecule has 1 aliphatic rings. The lowest BCUT2D eigenvalue weighted by atomic mass is 10.1. The lowest BCUT2D eigenvalue weighted by molar-refractivity contribution is 0.802. The van der Waals surface area contributed by atoms with Crippen molar-refractivity contribution in [2.75, 3.05) is 29.9 Å². The van der Waals surface area contributed by atoms with Crippen LogP contribution in [0.5, 0.6) is 0 Å². The molecule has 0 fully saturated rings. The SMILES string of the molecule is C=CN1CCCN(C)c2ccc(-c3cncc(C)c3)nc21. The van der Waals surface area contributed by atoms with Gasteiger partial charge in [0.05, 0.1) is 11.4 Å². The number of pyridine rings is 2. The topological polar surface area (TPSA) is 32.3 Å². The van der Waals surface area contributed by atoms with Gasteiger partial charge in [0, 0.05) is 38.1 Å². The lowest BCUT2D eigenvalue weighted by Crippen LogP contribution is -2.17. The second kappa shape index (κ2) is 5.56. The van der Waals surface area contributed by atoms with Gasteiger partial charge in [0.2, 0.25) is 0 Å². The first-order chi connectivity index (χ1) is 10.2. The molecule has 0 spiro atoms. The Morgan fingerprint density at radius 2 is 2.10 bits per heavy atom. The minimum atomic E-state index is 0.948. The summed E-state index contributed by atoms with van der Waals surface area (Å²) >= 11 is 0. The number of fused-ring (bicyclic) bond motifs is 1. The Bertz CT molecular complexity index is 666. The third-order valence-corrected chi connectivity index (χ3v) is 3.82. The fourth-order valence-corrected chi connectivity index (χ4v) is 2.69. The average Bonchev–Trinajstić information content (AvgIpc) is 2.66. The van der Waals surface area contributed by atoms with E-state index in [1.54, 1.807) is 0 Å². The summed E-state index contributed by atoms with van der Waals surface area (Å²) in [6, 6.07) is 6.32. The maximum absolute atomic E-state index is 4.86. The van der Waals surface area contributed by atoms with Crippen LogP contribution < -0.4 is 9.80 Å². The van der Waals surface area contributed by atoms with E-state index in [-0.39, 0.29) is 0 Å². The lowest BCUT2D eigenvalue weighted by Gasteiger charge is -2.22. The van der Waals surface area contributed by atoms with Crippen LogP contribution in [0.4, 0.5) is 11.5 Å². The second-order valence-electron chi connectivity index (χ2n) is 5.44. The van der Waals surface area contributed by atoms with E-state index >= 15 is 0 Å². The van der Waals surface area contributed by atoms with Crippen LogP contribution in [-0.2, 0) is 0 Å². The smallest absolute Gasteiger partial charge is 0.156 e. The predicted molar refractivity (Wildman–Crippen MR) is 87.6 cm³/mol. The van der Waals surface area contributed by atoms with E-state index in [0.29, 0.717) is 0 Å². The van der Waals surface area contributed by atoms with Gasteiger partial charge in [-0.25, -0.2) is 4.98 Å². The molecule has 0 atom stereocenters. The molecule has 3 rings (SSSR count). The summed E-state index contributed by atoms with van der Waals surface area (Å²) < 4.78 is 0. The minimum absolute atomic E-state index is 0.948. The standard InChI is InChI=1S/C17H20N4/c1-4-21-9-5-8-20(3)16-7-6-15(19-17(16)21)14-10-13(2)11-18-12-14/h4,6-7,10-12H,1,5,8-9H2,2-3H3. The first kappa shape index (κ1) is 13.6. The summed E-state index contributed by atoms with van der Waals surface area (Å²) in [5.74, 6) is 0.976. The molecule has 4 nitrogen and oxygen atoms in total. The molecule has 1 aliphatic heterocycles. The van der Waals surface area contributed by atoms with E-state index in [2.05, 4.69) is 46.6 Å². The van der Waals surface area contributed by atoms with Crippen molar-refractivity contribution in [3.63, 3.8) is 0 Å². The molecule has 0 aliphatic carbocycles. The summed E-state index contributed by atoms with van der Waals surface area (Å²) in [6.07, 6.45) is 6.68. The number of nitrogens with zero attached hydrogens (tertiary/aromatic N) is 4. The molecule has 0 saturated carbocycles. The molecule has 0 unspecified atom stereocenters. The third-order valence-electron chi connectivity index (χ3n) is 3.82. The fraction of sp³-hybridized carbons (Fsp3) is 0.294. The number of rotatable bonds is 2. The Balaban J connectivity index is 2.10. The summed E-state index contributed by atoms with van der Waals surface area (Å²) in [7, 11) is 2.11. The van der Waals surface area contributed by atoms with Crippen molar-refractivity contribution in [3.8, 4) is 11.3 Å². The predicted octanol–water partition coefficient (Wildman–Crippen LogP) is 3.24. The largest absolute Gasteiger partial charge is 0.372 e. The highest BCUT2D eigenvalue weighted by atomic mass is 15.2. The second-order valence-corrected chi connectivity index (χ2v) is 5.44. The summed E-state index contributed by atoms with van der Waals surface area (Å²) in [5.41, 5.74) is 4.29. The van der Waals surface area contributed by atoms with Crippen LogP contribution in [-0.4, -0.2) is 30.1 Å². The van der Waals surface area contributed by atoms with Crippen molar-refractivity contribution in [1.82, 2.24) is 9.97 Å². The number of anilines is 2. The van der Waals surface area contributed by atoms with Gasteiger partial charge in [0.15, 0.2) is 5.82 Å². The highest BCUT2D eigenvalue weighted by Crippen LogP contribution is 2.32. The van der Waals surface area contributed by atoms with Gasteiger partial charge in [-0.2, -0.15) is 0 Å². The van der Waals surface area contributed by atoms with Gasteiger partial charge in [-0.05, 0) is 43.3 Å². The van der Waals surface area contributed by atoms with E-state index in [9.17, 15) is 0 Å². The molecule has 2 aromatic heterocycles. The van der Waals surface area contributed by atoms with Crippen LogP contribution in [0, 0.1) is 6.92 Å². The zero-order chi connectivity index (χ0) is 14.8. The first-order valence-electron chi connectivity index (χ1n) is 7.22. The normalized spacial score (nSPS) is 14.6. The fourth-order valence-electron chi connectivity index (χ4n) is 2.69. The van der Waals surface area contributed by atoms with Crippen molar-refractivity contribution in [2.24, 2.45) is 0 Å². The van der Waals surface area contributed by atoms with Crippen LogP contribution in [0.2, 0.25) is 0 Å². The van der Waals surface area contributed by atoms with Crippen molar-refractivity contribution in [3.05, 3.63) is 48.9 Å². The molecule has 0 radical (unpaired) electrons. The molecule has 108 valence electrons. The molecule has 0 N–H and O–H groups in total. The van der Waals surface area contributed by atoms with Crippen LogP contribution in [0.3, 0.4) is 0 Å². The minimum Gasteiger partial charge on any atom is -0.372 e. The molecule has 4 heteroatoms. The molecule has 0 bridgehead atoms. The monoisotopic (exact) mass is 280 g/mol. The maximum Gasteiger partial charge on any atom is 0.156 e. The van der Waals surface area contributed by atoms with Crippen LogP contribution in [0.25, 0.3) is 11.3 Å². The molecule has 21 heavy (non-hydrogen) atoms. The van der Waals surface area contributed by atoms with Crippen molar-refractivity contribution >= 4 is 11.5 Å². The number of hydrogen-bond acceptors (Lipinski definition) is 4. The van der Waals surface area contributed by atoms with E-state index < -0.39 is 0 Å². The highest BCUT2D eigenvalue weighted by Gasteiger charge is 2.19.